The SMILES string of the molecule is O=C(O)c1ccc(C[C@@H]2CO[C@@H](C(Cc3ccccc3)[PH](=O)O)CN2)cc1. The molecule has 1 saturated heterocycles. The van der Waals surface area contributed by atoms with Gasteiger partial charge in [-0.15, -0.1) is 0 Å². The van der Waals surface area contributed by atoms with E-state index >= 15 is 0 Å². The van der Waals surface area contributed by atoms with Crippen LogP contribution >= 0.6 is 8.03 Å². The fourth-order valence-corrected chi connectivity index (χ4v) is 4.29. The van der Waals surface area contributed by atoms with Gasteiger partial charge in [-0.1, -0.05) is 42.5 Å². The second-order valence-electron chi connectivity index (χ2n) is 6.82. The molecule has 1 fully saturated rings. The first kappa shape index (κ1) is 19.8. The van der Waals surface area contributed by atoms with E-state index in [4.69, 9.17) is 9.84 Å². The van der Waals surface area contributed by atoms with Gasteiger partial charge < -0.3 is 20.1 Å². The third-order valence-electron chi connectivity index (χ3n) is 4.87. The second kappa shape index (κ2) is 9.29. The highest BCUT2D eigenvalue weighted by molar-refractivity contribution is 7.39. The first-order chi connectivity index (χ1) is 13.0. The molecule has 0 saturated carbocycles. The summed E-state index contributed by atoms with van der Waals surface area (Å²) in [6.07, 6.45) is 0.930. The Hall–Kier alpha value is -1.98. The number of aromatic carboxylic acids is 1. The van der Waals surface area contributed by atoms with Crippen LogP contribution in [0.1, 0.15) is 21.5 Å². The van der Waals surface area contributed by atoms with E-state index in [1.807, 2.05) is 42.5 Å². The lowest BCUT2D eigenvalue weighted by Crippen LogP contribution is -2.51. The minimum Gasteiger partial charge on any atom is -0.478 e. The van der Waals surface area contributed by atoms with E-state index in [-0.39, 0.29) is 17.7 Å². The first-order valence-electron chi connectivity index (χ1n) is 8.97. The molecule has 0 radical (unpaired) electrons. The molecule has 0 aliphatic carbocycles. The summed E-state index contributed by atoms with van der Waals surface area (Å²) in [4.78, 5) is 20.7. The van der Waals surface area contributed by atoms with E-state index in [9.17, 15) is 14.3 Å². The highest BCUT2D eigenvalue weighted by Gasteiger charge is 2.31. The molecular weight excluding hydrogens is 365 g/mol. The largest absolute Gasteiger partial charge is 0.478 e. The van der Waals surface area contributed by atoms with Gasteiger partial charge in [0.05, 0.1) is 23.9 Å². The van der Waals surface area contributed by atoms with Crippen molar-refractivity contribution in [3.63, 3.8) is 0 Å². The van der Waals surface area contributed by atoms with Crippen molar-refractivity contribution in [1.82, 2.24) is 5.32 Å². The fraction of sp³-hybridized carbons (Fsp3) is 0.350. The van der Waals surface area contributed by atoms with E-state index in [0.717, 1.165) is 11.1 Å². The minimum atomic E-state index is -2.73. The summed E-state index contributed by atoms with van der Waals surface area (Å²) in [6, 6.07) is 16.6. The summed E-state index contributed by atoms with van der Waals surface area (Å²) in [5, 5.41) is 12.4. The van der Waals surface area contributed by atoms with Crippen LogP contribution in [0.3, 0.4) is 0 Å². The fourth-order valence-electron chi connectivity index (χ4n) is 3.34. The lowest BCUT2D eigenvalue weighted by molar-refractivity contribution is 0.00137. The molecule has 3 rings (SSSR count). The molecule has 6 nitrogen and oxygen atoms in total. The van der Waals surface area contributed by atoms with E-state index in [2.05, 4.69) is 5.32 Å². The number of ether oxygens (including phenoxy) is 1. The van der Waals surface area contributed by atoms with E-state index < -0.39 is 19.7 Å². The summed E-state index contributed by atoms with van der Waals surface area (Å²) < 4.78 is 17.8. The summed E-state index contributed by atoms with van der Waals surface area (Å²) in [6.45, 7) is 0.970. The van der Waals surface area contributed by atoms with E-state index in [1.54, 1.807) is 12.1 Å². The maximum atomic E-state index is 11.9. The predicted octanol–water partition coefficient (Wildman–Crippen LogP) is 2.36. The number of carboxylic acids is 1. The van der Waals surface area contributed by atoms with Crippen LogP contribution in [0.25, 0.3) is 0 Å². The zero-order valence-corrected chi connectivity index (χ0v) is 15.9. The normalized spacial score (nSPS) is 22.1. The molecule has 2 aromatic rings. The van der Waals surface area contributed by atoms with Gasteiger partial charge in [-0.25, -0.2) is 4.79 Å². The van der Waals surface area contributed by atoms with Crippen molar-refractivity contribution in [3.8, 4) is 0 Å². The van der Waals surface area contributed by atoms with Gasteiger partial charge in [-0.2, -0.15) is 0 Å². The average molecular weight is 389 g/mol. The molecule has 3 N–H and O–H groups in total. The van der Waals surface area contributed by atoms with Crippen LogP contribution < -0.4 is 5.32 Å². The maximum Gasteiger partial charge on any atom is 0.335 e. The van der Waals surface area contributed by atoms with Crippen LogP contribution in [0.5, 0.6) is 0 Å². The molecule has 1 aliphatic heterocycles. The molecule has 2 aromatic carbocycles. The number of hydrogen-bond acceptors (Lipinski definition) is 4. The van der Waals surface area contributed by atoms with Crippen LogP contribution in [0.4, 0.5) is 0 Å². The Labute approximate surface area is 159 Å². The molecule has 0 amide bonds. The van der Waals surface area contributed by atoms with Gasteiger partial charge in [-0.05, 0) is 36.1 Å². The Balaban J connectivity index is 1.55. The number of morpholine rings is 1. The molecular formula is C20H24NO5P. The Morgan fingerprint density at radius 2 is 1.85 bits per heavy atom. The Morgan fingerprint density at radius 1 is 1.15 bits per heavy atom. The highest BCUT2D eigenvalue weighted by Crippen LogP contribution is 2.31. The number of benzene rings is 2. The Kier molecular flexibility index (Phi) is 6.80. The lowest BCUT2D eigenvalue weighted by atomic mass is 10.0. The van der Waals surface area contributed by atoms with Crippen molar-refractivity contribution in [2.24, 2.45) is 0 Å². The van der Waals surface area contributed by atoms with Crippen molar-refractivity contribution in [3.05, 3.63) is 71.3 Å². The molecule has 2 unspecified atom stereocenters. The number of nitrogens with one attached hydrogen (secondary N) is 1. The highest BCUT2D eigenvalue weighted by atomic mass is 31.1. The minimum absolute atomic E-state index is 0.0929. The molecule has 0 bridgehead atoms. The van der Waals surface area contributed by atoms with Gasteiger partial charge in [0.15, 0.2) is 8.03 Å². The van der Waals surface area contributed by atoms with Crippen molar-refractivity contribution in [1.29, 1.82) is 0 Å². The molecule has 1 aliphatic rings. The van der Waals surface area contributed by atoms with Crippen LogP contribution in [0, 0.1) is 0 Å². The predicted molar refractivity (Wildman–Crippen MR) is 104 cm³/mol. The van der Waals surface area contributed by atoms with Crippen LogP contribution in [-0.2, 0) is 22.1 Å². The van der Waals surface area contributed by atoms with Gasteiger partial charge in [-0.3, -0.25) is 4.57 Å². The maximum absolute atomic E-state index is 11.9. The van der Waals surface area contributed by atoms with Crippen molar-refractivity contribution >= 4 is 14.0 Å². The van der Waals surface area contributed by atoms with Gasteiger partial charge in [0, 0.05) is 12.6 Å². The molecule has 0 spiro atoms. The Bertz CT molecular complexity index is 773. The quantitative estimate of drug-likeness (QED) is 0.630. The summed E-state index contributed by atoms with van der Waals surface area (Å²) in [5.41, 5.74) is 1.90. The number of carbonyl (C=O) groups is 1. The lowest BCUT2D eigenvalue weighted by Gasteiger charge is -2.34. The van der Waals surface area contributed by atoms with Crippen molar-refractivity contribution in [2.45, 2.75) is 30.6 Å². The van der Waals surface area contributed by atoms with Crippen molar-refractivity contribution < 1.29 is 24.1 Å². The number of carboxylic acid groups (broad SMARTS) is 1. The monoisotopic (exact) mass is 389 g/mol. The van der Waals surface area contributed by atoms with Crippen LogP contribution in [0.2, 0.25) is 0 Å². The molecule has 4 atom stereocenters. The summed E-state index contributed by atoms with van der Waals surface area (Å²) in [5.74, 6) is -0.938. The molecule has 0 aromatic heterocycles. The molecule has 27 heavy (non-hydrogen) atoms. The van der Waals surface area contributed by atoms with Crippen LogP contribution in [0.15, 0.2) is 54.6 Å². The molecule has 1 heterocycles. The Morgan fingerprint density at radius 3 is 2.41 bits per heavy atom. The van der Waals surface area contributed by atoms with E-state index in [1.165, 1.54) is 0 Å². The smallest absolute Gasteiger partial charge is 0.335 e. The summed E-state index contributed by atoms with van der Waals surface area (Å²) >= 11 is 0. The number of rotatable bonds is 7. The molecule has 144 valence electrons. The van der Waals surface area contributed by atoms with Gasteiger partial charge in [0.1, 0.15) is 0 Å². The zero-order chi connectivity index (χ0) is 19.2. The number of hydrogen-bond donors (Lipinski definition) is 3. The van der Waals surface area contributed by atoms with E-state index in [0.29, 0.717) is 26.0 Å². The van der Waals surface area contributed by atoms with Gasteiger partial charge >= 0.3 is 5.97 Å². The standard InChI is InChI=1S/C20H24NO5P/c22-20(23)16-8-6-15(7-9-16)10-17-13-26-18(12-21-17)19(27(24)25)11-14-4-2-1-3-5-14/h1-9,17-19,21,27H,10-13H2,(H,22,23)(H,24,25)/t17-,18-,19?/m1/s1. The zero-order valence-electron chi connectivity index (χ0n) is 14.9. The van der Waals surface area contributed by atoms with Crippen LogP contribution in [-0.4, -0.2) is 46.9 Å². The van der Waals surface area contributed by atoms with Gasteiger partial charge in [0.25, 0.3) is 0 Å². The third kappa shape index (κ3) is 5.50. The first-order valence-corrected chi connectivity index (χ1v) is 10.4. The third-order valence-corrected chi connectivity index (χ3v) is 6.08. The van der Waals surface area contributed by atoms with Gasteiger partial charge in [0.2, 0.25) is 0 Å². The summed E-state index contributed by atoms with van der Waals surface area (Å²) in [7, 11) is -2.73. The van der Waals surface area contributed by atoms with Crippen molar-refractivity contribution in [2.75, 3.05) is 13.2 Å². The topological polar surface area (TPSA) is 95.9 Å². The average Bonchev–Trinajstić information content (AvgIpc) is 2.68. The molecule has 7 heteroatoms. The second-order valence-corrected chi connectivity index (χ2v) is 8.24.